The van der Waals surface area contributed by atoms with Gasteiger partial charge in [0.25, 0.3) is 5.91 Å². The van der Waals surface area contributed by atoms with Crippen molar-refractivity contribution in [3.63, 3.8) is 0 Å². The lowest BCUT2D eigenvalue weighted by molar-refractivity contribution is -0.116. The van der Waals surface area contributed by atoms with Crippen molar-refractivity contribution in [1.82, 2.24) is 10.2 Å². The number of rotatable bonds is 7. The fraction of sp³-hybridized carbons (Fsp3) is 0.391. The van der Waals surface area contributed by atoms with Gasteiger partial charge in [0.05, 0.1) is 37.8 Å². The summed E-state index contributed by atoms with van der Waals surface area (Å²) in [5.41, 5.74) is 1.48. The molecule has 2 saturated heterocycles. The summed E-state index contributed by atoms with van der Waals surface area (Å²) in [7, 11) is -2.08. The Labute approximate surface area is 193 Å². The molecule has 10 heteroatoms. The third-order valence-corrected chi connectivity index (χ3v) is 7.53. The zero-order valence-electron chi connectivity index (χ0n) is 18.4. The van der Waals surface area contributed by atoms with Gasteiger partial charge in [0.15, 0.2) is 0 Å². The van der Waals surface area contributed by atoms with Gasteiger partial charge in [-0.3, -0.25) is 14.5 Å². The summed E-state index contributed by atoms with van der Waals surface area (Å²) in [5.74, 6) is -0.314. The predicted molar refractivity (Wildman–Crippen MR) is 123 cm³/mol. The molecule has 9 nitrogen and oxygen atoms in total. The number of carbonyl (C=O) groups excluding carboxylic acids is 2. The van der Waals surface area contributed by atoms with Crippen LogP contribution in [0.15, 0.2) is 48.5 Å². The number of nitrogens with one attached hydrogen (secondary N) is 1. The normalized spacial score (nSPS) is 19.3. The highest BCUT2D eigenvalue weighted by Crippen LogP contribution is 2.27. The summed E-state index contributed by atoms with van der Waals surface area (Å²) in [6, 6.07) is 13.8. The van der Waals surface area contributed by atoms with Crippen LogP contribution in [0.2, 0.25) is 0 Å². The molecular formula is C23H27N3O6S. The van der Waals surface area contributed by atoms with Gasteiger partial charge in [-0.05, 0) is 35.9 Å². The second-order valence-electron chi connectivity index (χ2n) is 7.93. The summed E-state index contributed by atoms with van der Waals surface area (Å²) >= 11 is 0. The Hall–Kier alpha value is -2.95. The van der Waals surface area contributed by atoms with E-state index >= 15 is 0 Å². The molecule has 2 aromatic carbocycles. The summed E-state index contributed by atoms with van der Waals surface area (Å²) in [6.07, 6.45) is -0.0550. The maximum Gasteiger partial charge on any atom is 0.251 e. The second-order valence-corrected chi connectivity index (χ2v) is 9.86. The SMILES string of the molecule is COc1cccc(C(CNC(=O)c2cccc(N3C(=O)CCS3(=O)=O)c2)N2CCOCC2)c1. The second kappa shape index (κ2) is 9.90. The number of amides is 2. The van der Waals surface area contributed by atoms with E-state index in [1.165, 1.54) is 12.1 Å². The first kappa shape index (κ1) is 23.2. The monoisotopic (exact) mass is 473 g/mol. The fourth-order valence-electron chi connectivity index (χ4n) is 4.13. The lowest BCUT2D eigenvalue weighted by atomic mass is 10.0. The van der Waals surface area contributed by atoms with Gasteiger partial charge in [-0.15, -0.1) is 0 Å². The van der Waals surface area contributed by atoms with Crippen molar-refractivity contribution < 1.29 is 27.5 Å². The molecule has 0 saturated carbocycles. The van der Waals surface area contributed by atoms with E-state index in [1.54, 1.807) is 19.2 Å². The molecule has 1 unspecified atom stereocenters. The van der Waals surface area contributed by atoms with Crippen LogP contribution in [0, 0.1) is 0 Å². The molecular weight excluding hydrogens is 446 g/mol. The Kier molecular flexibility index (Phi) is 6.96. The van der Waals surface area contributed by atoms with Crippen LogP contribution in [0.5, 0.6) is 5.75 Å². The molecule has 2 fully saturated rings. The molecule has 4 rings (SSSR count). The van der Waals surface area contributed by atoms with Crippen molar-refractivity contribution in [3.8, 4) is 5.75 Å². The molecule has 2 amide bonds. The van der Waals surface area contributed by atoms with E-state index in [2.05, 4.69) is 10.2 Å². The Bertz CT molecular complexity index is 1130. The number of hydrogen-bond donors (Lipinski definition) is 1. The quantitative estimate of drug-likeness (QED) is 0.651. The van der Waals surface area contributed by atoms with Gasteiger partial charge in [-0.25, -0.2) is 12.7 Å². The summed E-state index contributed by atoms with van der Waals surface area (Å²) in [5, 5.41) is 2.97. The van der Waals surface area contributed by atoms with Crippen molar-refractivity contribution in [2.24, 2.45) is 0 Å². The lowest BCUT2D eigenvalue weighted by Gasteiger charge is -2.35. The number of nitrogens with zero attached hydrogens (tertiary/aromatic N) is 2. The van der Waals surface area contributed by atoms with Gasteiger partial charge in [0.1, 0.15) is 5.75 Å². The van der Waals surface area contributed by atoms with E-state index in [-0.39, 0.29) is 35.4 Å². The van der Waals surface area contributed by atoms with E-state index in [0.29, 0.717) is 19.8 Å². The Morgan fingerprint density at radius 1 is 1.15 bits per heavy atom. The van der Waals surface area contributed by atoms with E-state index in [9.17, 15) is 18.0 Å². The summed E-state index contributed by atoms with van der Waals surface area (Å²) in [4.78, 5) is 27.3. The van der Waals surface area contributed by atoms with E-state index in [1.807, 2.05) is 24.3 Å². The number of ether oxygens (including phenoxy) is 2. The van der Waals surface area contributed by atoms with Crippen molar-refractivity contribution in [3.05, 3.63) is 59.7 Å². The number of anilines is 1. The Morgan fingerprint density at radius 2 is 1.91 bits per heavy atom. The van der Waals surface area contributed by atoms with Crippen LogP contribution >= 0.6 is 0 Å². The van der Waals surface area contributed by atoms with Crippen molar-refractivity contribution in [1.29, 1.82) is 0 Å². The average Bonchev–Trinajstić information content (AvgIpc) is 3.12. The van der Waals surface area contributed by atoms with Crippen LogP contribution in [0.25, 0.3) is 0 Å². The molecule has 2 heterocycles. The fourth-order valence-corrected chi connectivity index (χ4v) is 5.58. The zero-order valence-corrected chi connectivity index (χ0v) is 19.2. The third-order valence-electron chi connectivity index (χ3n) is 5.84. The zero-order chi connectivity index (χ0) is 23.4. The van der Waals surface area contributed by atoms with Gasteiger partial charge < -0.3 is 14.8 Å². The molecule has 2 aromatic rings. The first-order valence-electron chi connectivity index (χ1n) is 10.8. The molecule has 0 spiro atoms. The van der Waals surface area contributed by atoms with Gasteiger partial charge in [-0.2, -0.15) is 0 Å². The maximum atomic E-state index is 13.0. The third kappa shape index (κ3) is 5.18. The first-order valence-corrected chi connectivity index (χ1v) is 12.4. The van der Waals surface area contributed by atoms with Crippen molar-refractivity contribution in [2.75, 3.05) is 50.0 Å². The number of sulfonamides is 1. The average molecular weight is 474 g/mol. The number of benzene rings is 2. The smallest absolute Gasteiger partial charge is 0.251 e. The van der Waals surface area contributed by atoms with Gasteiger partial charge in [0, 0.05) is 31.6 Å². The number of carbonyl (C=O) groups is 2. The molecule has 1 N–H and O–H groups in total. The minimum absolute atomic E-state index is 0.0550. The highest BCUT2D eigenvalue weighted by Gasteiger charge is 2.36. The van der Waals surface area contributed by atoms with E-state index < -0.39 is 15.9 Å². The Morgan fingerprint density at radius 3 is 2.61 bits per heavy atom. The minimum atomic E-state index is -3.69. The molecule has 2 aliphatic heterocycles. The molecule has 0 aromatic heterocycles. The molecule has 0 aliphatic carbocycles. The largest absolute Gasteiger partial charge is 0.497 e. The molecule has 0 bridgehead atoms. The highest BCUT2D eigenvalue weighted by molar-refractivity contribution is 7.94. The standard InChI is InChI=1S/C23H27N3O6S/c1-31-20-7-3-4-17(15-20)21(25-9-11-32-12-10-25)16-24-23(28)18-5-2-6-19(14-18)26-22(27)8-13-33(26,29)30/h2-7,14-15,21H,8-13,16H2,1H3,(H,24,28). The first-order chi connectivity index (χ1) is 15.9. The molecule has 2 aliphatic rings. The molecule has 0 radical (unpaired) electrons. The highest BCUT2D eigenvalue weighted by atomic mass is 32.2. The van der Waals surface area contributed by atoms with Gasteiger partial charge >= 0.3 is 0 Å². The minimum Gasteiger partial charge on any atom is -0.497 e. The van der Waals surface area contributed by atoms with Crippen LogP contribution in [-0.2, 0) is 19.6 Å². The lowest BCUT2D eigenvalue weighted by Crippen LogP contribution is -2.43. The van der Waals surface area contributed by atoms with Crippen molar-refractivity contribution in [2.45, 2.75) is 12.5 Å². The number of methoxy groups -OCH3 is 1. The van der Waals surface area contributed by atoms with Crippen LogP contribution in [-0.4, -0.2) is 70.8 Å². The Balaban J connectivity index is 1.52. The molecule has 176 valence electrons. The molecule has 1 atom stereocenters. The summed E-state index contributed by atoms with van der Waals surface area (Å²) < 4.78 is 36.1. The van der Waals surface area contributed by atoms with Crippen LogP contribution in [0.4, 0.5) is 5.69 Å². The van der Waals surface area contributed by atoms with Crippen molar-refractivity contribution >= 4 is 27.5 Å². The number of morpholine rings is 1. The maximum absolute atomic E-state index is 13.0. The number of hydrogen-bond acceptors (Lipinski definition) is 7. The van der Waals surface area contributed by atoms with Gasteiger partial charge in [0.2, 0.25) is 15.9 Å². The van der Waals surface area contributed by atoms with Crippen LogP contribution in [0.3, 0.4) is 0 Å². The van der Waals surface area contributed by atoms with E-state index in [0.717, 1.165) is 28.7 Å². The van der Waals surface area contributed by atoms with Gasteiger partial charge in [-0.1, -0.05) is 18.2 Å². The van der Waals surface area contributed by atoms with E-state index in [4.69, 9.17) is 9.47 Å². The molecule has 33 heavy (non-hydrogen) atoms. The summed E-state index contributed by atoms with van der Waals surface area (Å²) in [6.45, 7) is 3.06. The predicted octanol–water partition coefficient (Wildman–Crippen LogP) is 1.56. The van der Waals surface area contributed by atoms with Crippen LogP contribution < -0.4 is 14.4 Å². The topological polar surface area (TPSA) is 105 Å². The van der Waals surface area contributed by atoms with Crippen LogP contribution in [0.1, 0.15) is 28.4 Å².